The lowest BCUT2D eigenvalue weighted by atomic mass is 10.1. The van der Waals surface area contributed by atoms with Gasteiger partial charge in [0.1, 0.15) is 0 Å². The molecule has 0 saturated carbocycles. The Labute approximate surface area is 188 Å². The second-order valence-corrected chi connectivity index (χ2v) is 7.34. The number of para-hydroxylation sites is 1. The van der Waals surface area contributed by atoms with Crippen molar-refractivity contribution in [2.45, 2.75) is 13.1 Å². The van der Waals surface area contributed by atoms with E-state index in [0.717, 1.165) is 21.9 Å². The van der Waals surface area contributed by atoms with E-state index in [0.29, 0.717) is 16.9 Å². The summed E-state index contributed by atoms with van der Waals surface area (Å²) in [6.45, 7) is 1.27. The van der Waals surface area contributed by atoms with Gasteiger partial charge in [0.25, 0.3) is 5.91 Å². The number of halogens is 3. The van der Waals surface area contributed by atoms with Gasteiger partial charge in [0.2, 0.25) is 5.88 Å². The molecule has 0 bridgehead atoms. The summed E-state index contributed by atoms with van der Waals surface area (Å²) >= 11 is 0. The van der Waals surface area contributed by atoms with E-state index >= 15 is 0 Å². The number of aryl methyl sites for hydroxylation is 1. The molecule has 1 N–H and O–H groups in total. The predicted octanol–water partition coefficient (Wildman–Crippen LogP) is 5.88. The van der Waals surface area contributed by atoms with Crippen LogP contribution in [0.2, 0.25) is 0 Å². The zero-order valence-corrected chi connectivity index (χ0v) is 17.6. The molecule has 168 valence electrons. The fraction of sp³-hybridized carbons (Fsp3) is 0.120. The van der Waals surface area contributed by atoms with Crippen LogP contribution in [0.1, 0.15) is 11.3 Å². The summed E-state index contributed by atoms with van der Waals surface area (Å²) in [6, 6.07) is 24.6. The molecule has 1 amide bonds. The number of amides is 1. The van der Waals surface area contributed by atoms with Crippen molar-refractivity contribution in [2.24, 2.45) is 0 Å². The van der Waals surface area contributed by atoms with Crippen LogP contribution in [0.15, 0.2) is 84.9 Å². The predicted molar refractivity (Wildman–Crippen MR) is 119 cm³/mol. The van der Waals surface area contributed by atoms with Crippen LogP contribution in [-0.2, 0) is 11.0 Å². The van der Waals surface area contributed by atoms with Crippen LogP contribution in [0.5, 0.6) is 5.88 Å². The Hall–Kier alpha value is -4.07. The van der Waals surface area contributed by atoms with E-state index in [1.165, 1.54) is 0 Å². The monoisotopic (exact) mass is 451 g/mol. The molecule has 0 saturated heterocycles. The van der Waals surface area contributed by atoms with Gasteiger partial charge in [-0.05, 0) is 41.8 Å². The lowest BCUT2D eigenvalue weighted by Gasteiger charge is -2.11. The Morgan fingerprint density at radius 2 is 1.58 bits per heavy atom. The van der Waals surface area contributed by atoms with E-state index < -0.39 is 24.4 Å². The zero-order valence-electron chi connectivity index (χ0n) is 17.6. The van der Waals surface area contributed by atoms with E-state index in [1.54, 1.807) is 43.3 Å². The number of carbonyl (C=O) groups is 1. The van der Waals surface area contributed by atoms with Crippen molar-refractivity contribution >= 4 is 11.6 Å². The summed E-state index contributed by atoms with van der Waals surface area (Å²) in [5.74, 6) is -0.681. The highest BCUT2D eigenvalue weighted by molar-refractivity contribution is 5.92. The Kier molecular flexibility index (Phi) is 6.17. The minimum absolute atomic E-state index is 0.175. The van der Waals surface area contributed by atoms with Gasteiger partial charge in [-0.2, -0.15) is 18.3 Å². The molecule has 3 aromatic carbocycles. The van der Waals surface area contributed by atoms with Crippen LogP contribution in [0.3, 0.4) is 0 Å². The third-order valence-electron chi connectivity index (χ3n) is 4.94. The van der Waals surface area contributed by atoms with Gasteiger partial charge in [0.15, 0.2) is 12.3 Å². The Morgan fingerprint density at radius 3 is 2.24 bits per heavy atom. The van der Waals surface area contributed by atoms with Crippen LogP contribution >= 0.6 is 0 Å². The van der Waals surface area contributed by atoms with E-state index in [2.05, 4.69) is 10.4 Å². The Balaban J connectivity index is 1.47. The molecule has 0 aliphatic rings. The van der Waals surface area contributed by atoms with Gasteiger partial charge in [-0.15, -0.1) is 0 Å². The molecule has 5 nitrogen and oxygen atoms in total. The van der Waals surface area contributed by atoms with Crippen LogP contribution in [0.4, 0.5) is 18.9 Å². The minimum atomic E-state index is -4.64. The highest BCUT2D eigenvalue weighted by Crippen LogP contribution is 2.32. The van der Waals surface area contributed by atoms with E-state index in [9.17, 15) is 18.0 Å². The normalized spacial score (nSPS) is 11.3. The molecule has 0 aliphatic heterocycles. The molecule has 8 heteroatoms. The number of aromatic nitrogens is 2. The zero-order chi connectivity index (χ0) is 23.4. The number of nitrogens with one attached hydrogen (secondary N) is 1. The van der Waals surface area contributed by atoms with Crippen molar-refractivity contribution in [1.82, 2.24) is 9.78 Å². The first-order valence-electron chi connectivity index (χ1n) is 10.1. The number of anilines is 1. The van der Waals surface area contributed by atoms with E-state index in [1.807, 2.05) is 42.5 Å². The molecule has 1 heterocycles. The molecule has 1 aromatic heterocycles. The largest absolute Gasteiger partial charge is 0.467 e. The van der Waals surface area contributed by atoms with Gasteiger partial charge in [-0.3, -0.25) is 4.79 Å². The van der Waals surface area contributed by atoms with Crippen molar-refractivity contribution < 1.29 is 22.7 Å². The molecule has 0 aliphatic carbocycles. The van der Waals surface area contributed by atoms with E-state index in [-0.39, 0.29) is 5.88 Å². The number of nitrogens with zero attached hydrogens (tertiary/aromatic N) is 2. The number of rotatable bonds is 6. The molecule has 0 atom stereocenters. The second kappa shape index (κ2) is 9.20. The summed E-state index contributed by atoms with van der Waals surface area (Å²) in [5.41, 5.74) is 2.63. The number of hydrogen-bond donors (Lipinski definition) is 1. The average Bonchev–Trinajstić information content (AvgIpc) is 3.24. The number of hydrogen-bond acceptors (Lipinski definition) is 3. The molecule has 0 unspecified atom stereocenters. The fourth-order valence-electron chi connectivity index (χ4n) is 3.29. The van der Waals surface area contributed by atoms with E-state index in [4.69, 9.17) is 4.74 Å². The number of carbonyl (C=O) groups excluding carboxylic acids is 1. The van der Waals surface area contributed by atoms with Gasteiger partial charge in [0.05, 0.1) is 5.69 Å². The summed E-state index contributed by atoms with van der Waals surface area (Å²) in [4.78, 5) is 12.4. The summed E-state index contributed by atoms with van der Waals surface area (Å²) in [7, 11) is 0. The second-order valence-electron chi connectivity index (χ2n) is 7.34. The molecular formula is C25H20F3N3O2. The number of alkyl halides is 3. The molecular weight excluding hydrogens is 431 g/mol. The van der Waals surface area contributed by atoms with Gasteiger partial charge in [-0.25, -0.2) is 4.68 Å². The van der Waals surface area contributed by atoms with Gasteiger partial charge < -0.3 is 10.1 Å². The molecule has 0 radical (unpaired) electrons. The number of ether oxygens (including phenoxy) is 1. The van der Waals surface area contributed by atoms with Gasteiger partial charge in [0, 0.05) is 11.8 Å². The van der Waals surface area contributed by atoms with Gasteiger partial charge in [-0.1, -0.05) is 60.7 Å². The van der Waals surface area contributed by atoms with Crippen molar-refractivity contribution in [3.63, 3.8) is 0 Å². The standard InChI is InChI=1S/C25H20F3N3O2/c1-17-7-5-6-10-21(17)31-24(15-22(30-31)25(26,27)28)33-16-23(32)29-20-13-11-19(12-14-20)18-8-3-2-4-9-18/h2-15H,16H2,1H3,(H,29,32). The number of benzene rings is 3. The third-order valence-corrected chi connectivity index (χ3v) is 4.94. The minimum Gasteiger partial charge on any atom is -0.467 e. The maximum Gasteiger partial charge on any atom is 0.435 e. The topological polar surface area (TPSA) is 56.2 Å². The smallest absolute Gasteiger partial charge is 0.435 e. The summed E-state index contributed by atoms with van der Waals surface area (Å²) < 4.78 is 46.2. The lowest BCUT2D eigenvalue weighted by molar-refractivity contribution is -0.141. The van der Waals surface area contributed by atoms with Crippen molar-refractivity contribution in [3.05, 3.63) is 96.2 Å². The molecule has 4 rings (SSSR count). The van der Waals surface area contributed by atoms with Crippen LogP contribution in [0.25, 0.3) is 16.8 Å². The summed E-state index contributed by atoms with van der Waals surface area (Å²) in [5, 5.41) is 6.33. The fourth-order valence-corrected chi connectivity index (χ4v) is 3.29. The molecule has 0 fully saturated rings. The highest BCUT2D eigenvalue weighted by Gasteiger charge is 2.35. The maximum absolute atomic E-state index is 13.2. The molecule has 0 spiro atoms. The Morgan fingerprint density at radius 1 is 0.939 bits per heavy atom. The quantitative estimate of drug-likeness (QED) is 0.398. The molecule has 4 aromatic rings. The average molecular weight is 451 g/mol. The van der Waals surface area contributed by atoms with Crippen molar-refractivity contribution in [1.29, 1.82) is 0 Å². The van der Waals surface area contributed by atoms with Crippen LogP contribution in [0, 0.1) is 6.92 Å². The molecule has 33 heavy (non-hydrogen) atoms. The first-order chi connectivity index (χ1) is 15.8. The summed E-state index contributed by atoms with van der Waals surface area (Å²) in [6.07, 6.45) is -4.64. The Bertz CT molecular complexity index is 1250. The van der Waals surface area contributed by atoms with Crippen LogP contribution in [-0.4, -0.2) is 22.3 Å². The first kappa shape index (κ1) is 22.1. The first-order valence-corrected chi connectivity index (χ1v) is 10.1. The maximum atomic E-state index is 13.2. The highest BCUT2D eigenvalue weighted by atomic mass is 19.4. The third kappa shape index (κ3) is 5.23. The van der Waals surface area contributed by atoms with Crippen LogP contribution < -0.4 is 10.1 Å². The lowest BCUT2D eigenvalue weighted by Crippen LogP contribution is -2.21. The SMILES string of the molecule is Cc1ccccc1-n1nc(C(F)(F)F)cc1OCC(=O)Nc1ccc(-c2ccccc2)cc1. The van der Waals surface area contributed by atoms with Crippen molar-refractivity contribution in [2.75, 3.05) is 11.9 Å². The van der Waals surface area contributed by atoms with Crippen molar-refractivity contribution in [3.8, 4) is 22.7 Å². The van der Waals surface area contributed by atoms with Gasteiger partial charge >= 0.3 is 6.18 Å².